The number of nitrogens with zero attached hydrogens (tertiary/aromatic N) is 3. The number of carbonyl (C=O) groups excluding carboxylic acids is 2. The lowest BCUT2D eigenvalue weighted by atomic mass is 10.1. The van der Waals surface area contributed by atoms with Crippen molar-refractivity contribution in [3.8, 4) is 0 Å². The van der Waals surface area contributed by atoms with Crippen LogP contribution in [0.5, 0.6) is 0 Å². The first-order valence-corrected chi connectivity index (χ1v) is 8.19. The summed E-state index contributed by atoms with van der Waals surface area (Å²) in [6.07, 6.45) is 3.18. The average molecular weight is 335 g/mol. The number of aromatic nitrogens is 1. The van der Waals surface area contributed by atoms with Crippen LogP contribution < -0.4 is 0 Å². The molecule has 7 nitrogen and oxygen atoms in total. The minimum atomic E-state index is -0.375. The first-order valence-electron chi connectivity index (χ1n) is 8.19. The van der Waals surface area contributed by atoms with Gasteiger partial charge in [0.15, 0.2) is 0 Å². The fraction of sp³-hybridized carbons (Fsp3) is 0.588. The standard InChI is InChI=1S/C17H25N3O4/c1-14(17(22)23-2)13-20(7-6-19-8-10-24-11-9-19)16(21)15-4-3-5-18-12-15/h3-5,12,14H,6-11,13H2,1-2H3. The van der Waals surface area contributed by atoms with Gasteiger partial charge in [-0.25, -0.2) is 0 Å². The third-order valence-electron chi connectivity index (χ3n) is 4.08. The quantitative estimate of drug-likeness (QED) is 0.682. The number of rotatable bonds is 7. The van der Waals surface area contributed by atoms with Gasteiger partial charge >= 0.3 is 5.97 Å². The lowest BCUT2D eigenvalue weighted by Crippen LogP contribution is -2.45. The number of carbonyl (C=O) groups is 2. The monoisotopic (exact) mass is 335 g/mol. The second-order valence-corrected chi connectivity index (χ2v) is 5.87. The normalized spacial score (nSPS) is 16.4. The van der Waals surface area contributed by atoms with E-state index in [9.17, 15) is 9.59 Å². The molecule has 0 spiro atoms. The van der Waals surface area contributed by atoms with Crippen molar-refractivity contribution in [1.82, 2.24) is 14.8 Å². The molecule has 0 N–H and O–H groups in total. The SMILES string of the molecule is COC(=O)C(C)CN(CCN1CCOCC1)C(=O)c1cccnc1. The van der Waals surface area contributed by atoms with E-state index in [4.69, 9.17) is 9.47 Å². The van der Waals surface area contributed by atoms with Gasteiger partial charge in [-0.3, -0.25) is 19.5 Å². The number of hydrogen-bond donors (Lipinski definition) is 0. The van der Waals surface area contributed by atoms with Crippen LogP contribution in [0, 0.1) is 5.92 Å². The number of amides is 1. The molecule has 1 aromatic heterocycles. The molecule has 0 aliphatic carbocycles. The summed E-state index contributed by atoms with van der Waals surface area (Å²) in [6.45, 7) is 6.56. The van der Waals surface area contributed by atoms with Crippen molar-refractivity contribution in [3.05, 3.63) is 30.1 Å². The topological polar surface area (TPSA) is 72.0 Å². The Hall–Kier alpha value is -1.99. The largest absolute Gasteiger partial charge is 0.469 e. The maximum atomic E-state index is 12.8. The Bertz CT molecular complexity index is 532. The van der Waals surface area contributed by atoms with Crippen LogP contribution in [0.25, 0.3) is 0 Å². The highest BCUT2D eigenvalue weighted by Gasteiger charge is 2.23. The van der Waals surface area contributed by atoms with Crippen molar-refractivity contribution in [1.29, 1.82) is 0 Å². The highest BCUT2D eigenvalue weighted by Crippen LogP contribution is 2.09. The third-order valence-corrected chi connectivity index (χ3v) is 4.08. The van der Waals surface area contributed by atoms with E-state index in [1.54, 1.807) is 36.4 Å². The molecule has 132 valence electrons. The van der Waals surface area contributed by atoms with Crippen LogP contribution in [0.2, 0.25) is 0 Å². The zero-order valence-corrected chi connectivity index (χ0v) is 14.3. The van der Waals surface area contributed by atoms with Gasteiger partial charge in [0, 0.05) is 45.1 Å². The second kappa shape index (κ2) is 9.34. The Morgan fingerprint density at radius 3 is 2.79 bits per heavy atom. The molecule has 24 heavy (non-hydrogen) atoms. The summed E-state index contributed by atoms with van der Waals surface area (Å²) < 4.78 is 10.1. The molecule has 0 aromatic carbocycles. The van der Waals surface area contributed by atoms with Crippen LogP contribution in [-0.4, -0.2) is 79.7 Å². The van der Waals surface area contributed by atoms with E-state index in [-0.39, 0.29) is 17.8 Å². The van der Waals surface area contributed by atoms with E-state index in [0.717, 1.165) is 32.8 Å². The van der Waals surface area contributed by atoms with Crippen molar-refractivity contribution >= 4 is 11.9 Å². The maximum absolute atomic E-state index is 12.8. The summed E-state index contributed by atoms with van der Waals surface area (Å²) in [7, 11) is 1.36. The summed E-state index contributed by atoms with van der Waals surface area (Å²) in [5.41, 5.74) is 0.525. The first-order chi connectivity index (χ1) is 11.6. The summed E-state index contributed by atoms with van der Waals surface area (Å²) in [6, 6.07) is 3.47. The Morgan fingerprint density at radius 2 is 2.17 bits per heavy atom. The van der Waals surface area contributed by atoms with E-state index in [1.807, 2.05) is 0 Å². The van der Waals surface area contributed by atoms with E-state index >= 15 is 0 Å². The molecule has 1 unspecified atom stereocenters. The summed E-state index contributed by atoms with van der Waals surface area (Å²) in [5.74, 6) is -0.808. The number of esters is 1. The van der Waals surface area contributed by atoms with E-state index < -0.39 is 0 Å². The number of morpholine rings is 1. The molecule has 1 saturated heterocycles. The highest BCUT2D eigenvalue weighted by molar-refractivity contribution is 5.94. The molecule has 1 fully saturated rings. The van der Waals surface area contributed by atoms with Crippen molar-refractivity contribution in [2.24, 2.45) is 5.92 Å². The van der Waals surface area contributed by atoms with Gasteiger partial charge in [0.1, 0.15) is 0 Å². The van der Waals surface area contributed by atoms with Gasteiger partial charge in [-0.15, -0.1) is 0 Å². The summed E-state index contributed by atoms with van der Waals surface area (Å²) in [5, 5.41) is 0. The van der Waals surface area contributed by atoms with Crippen LogP contribution in [0.4, 0.5) is 0 Å². The molecule has 0 radical (unpaired) electrons. The zero-order chi connectivity index (χ0) is 17.4. The smallest absolute Gasteiger partial charge is 0.310 e. The Kier molecular flexibility index (Phi) is 7.14. The van der Waals surface area contributed by atoms with Crippen molar-refractivity contribution in [2.75, 3.05) is 53.0 Å². The molecule has 2 heterocycles. The van der Waals surface area contributed by atoms with Gasteiger partial charge < -0.3 is 14.4 Å². The van der Waals surface area contributed by atoms with Crippen LogP contribution in [0.1, 0.15) is 17.3 Å². The van der Waals surface area contributed by atoms with Gasteiger partial charge in [0.25, 0.3) is 5.91 Å². The molecular formula is C17H25N3O4. The predicted molar refractivity (Wildman–Crippen MR) is 88.6 cm³/mol. The van der Waals surface area contributed by atoms with Crippen LogP contribution in [0.15, 0.2) is 24.5 Å². The second-order valence-electron chi connectivity index (χ2n) is 5.87. The fourth-order valence-corrected chi connectivity index (χ4v) is 2.64. The minimum Gasteiger partial charge on any atom is -0.469 e. The van der Waals surface area contributed by atoms with Gasteiger partial charge in [-0.05, 0) is 12.1 Å². The first kappa shape index (κ1) is 18.4. The molecular weight excluding hydrogens is 310 g/mol. The predicted octanol–water partition coefficient (Wildman–Crippen LogP) is 0.665. The van der Waals surface area contributed by atoms with E-state index in [1.165, 1.54) is 7.11 Å². The molecule has 1 aliphatic rings. The summed E-state index contributed by atoms with van der Waals surface area (Å²) in [4.78, 5) is 32.4. The van der Waals surface area contributed by atoms with Gasteiger partial charge in [0.2, 0.25) is 0 Å². The van der Waals surface area contributed by atoms with E-state index in [0.29, 0.717) is 18.7 Å². The molecule has 1 amide bonds. The Balaban J connectivity index is 2.02. The van der Waals surface area contributed by atoms with Crippen LogP contribution in [0.3, 0.4) is 0 Å². The Morgan fingerprint density at radius 1 is 1.42 bits per heavy atom. The Labute approximate surface area is 142 Å². The third kappa shape index (κ3) is 5.28. The fourth-order valence-electron chi connectivity index (χ4n) is 2.64. The molecule has 1 aromatic rings. The average Bonchev–Trinajstić information content (AvgIpc) is 2.65. The van der Waals surface area contributed by atoms with Gasteiger partial charge in [-0.1, -0.05) is 6.92 Å². The zero-order valence-electron chi connectivity index (χ0n) is 14.3. The molecule has 1 atom stereocenters. The number of methoxy groups -OCH3 is 1. The van der Waals surface area contributed by atoms with Crippen LogP contribution >= 0.6 is 0 Å². The van der Waals surface area contributed by atoms with Crippen molar-refractivity contribution in [2.45, 2.75) is 6.92 Å². The minimum absolute atomic E-state index is 0.118. The lowest BCUT2D eigenvalue weighted by molar-refractivity contribution is -0.145. The molecule has 0 saturated carbocycles. The van der Waals surface area contributed by atoms with E-state index in [2.05, 4.69) is 9.88 Å². The molecule has 0 bridgehead atoms. The van der Waals surface area contributed by atoms with Gasteiger partial charge in [0.05, 0.1) is 31.8 Å². The lowest BCUT2D eigenvalue weighted by Gasteiger charge is -2.31. The molecule has 2 rings (SSSR count). The molecule has 7 heteroatoms. The molecule has 1 aliphatic heterocycles. The number of ether oxygens (including phenoxy) is 2. The van der Waals surface area contributed by atoms with Crippen LogP contribution in [-0.2, 0) is 14.3 Å². The number of pyridine rings is 1. The summed E-state index contributed by atoms with van der Waals surface area (Å²) >= 11 is 0. The van der Waals surface area contributed by atoms with Crippen molar-refractivity contribution in [3.63, 3.8) is 0 Å². The number of hydrogen-bond acceptors (Lipinski definition) is 6. The van der Waals surface area contributed by atoms with Gasteiger partial charge in [-0.2, -0.15) is 0 Å². The maximum Gasteiger partial charge on any atom is 0.310 e. The highest BCUT2D eigenvalue weighted by atomic mass is 16.5. The van der Waals surface area contributed by atoms with Crippen molar-refractivity contribution < 1.29 is 19.1 Å².